The summed E-state index contributed by atoms with van der Waals surface area (Å²) in [5.74, 6) is -1.11. The number of carbonyl (C=O) groups is 2. The number of hydrogen-bond acceptors (Lipinski definition) is 5. The molecule has 30 heavy (non-hydrogen) atoms. The normalized spacial score (nSPS) is 25.7. The van der Waals surface area contributed by atoms with Gasteiger partial charge >= 0.3 is 5.97 Å². The first-order valence-corrected chi connectivity index (χ1v) is 10.6. The summed E-state index contributed by atoms with van der Waals surface area (Å²) in [6.45, 7) is 7.07. The van der Waals surface area contributed by atoms with Crippen LogP contribution in [0.25, 0.3) is 0 Å². The number of ether oxygens (including phenoxy) is 2. The summed E-state index contributed by atoms with van der Waals surface area (Å²) < 4.78 is 25.3. The first-order valence-electron chi connectivity index (χ1n) is 10.6. The van der Waals surface area contributed by atoms with Gasteiger partial charge < -0.3 is 20.1 Å². The lowest BCUT2D eigenvalue weighted by Gasteiger charge is -2.30. The van der Waals surface area contributed by atoms with Gasteiger partial charge in [-0.25, -0.2) is 9.18 Å². The Hall–Kier alpha value is -1.99. The SMILES string of the molecule is COC(C(C)C(=O)NC(Cc1ccccc1F)C(=O)OC(C)(C)C)[C@@H]1C[C@@H]2C[C@@H]2N1. The molecule has 7 heteroatoms. The van der Waals surface area contributed by atoms with E-state index < -0.39 is 29.3 Å². The van der Waals surface area contributed by atoms with Crippen LogP contribution in [0.5, 0.6) is 0 Å². The number of esters is 1. The Morgan fingerprint density at radius 1 is 1.27 bits per heavy atom. The fourth-order valence-corrected chi connectivity index (χ4v) is 4.23. The maximum atomic E-state index is 14.2. The third-order valence-corrected chi connectivity index (χ3v) is 5.87. The Bertz CT molecular complexity index is 769. The predicted octanol–water partition coefficient (Wildman–Crippen LogP) is 2.60. The van der Waals surface area contributed by atoms with Crippen LogP contribution < -0.4 is 10.6 Å². The van der Waals surface area contributed by atoms with Crippen LogP contribution in [0.2, 0.25) is 0 Å². The van der Waals surface area contributed by atoms with E-state index in [1.165, 1.54) is 12.5 Å². The largest absolute Gasteiger partial charge is 0.458 e. The highest BCUT2D eigenvalue weighted by molar-refractivity contribution is 5.86. The molecule has 3 rings (SSSR count). The number of amides is 1. The van der Waals surface area contributed by atoms with Gasteiger partial charge in [0.15, 0.2) is 0 Å². The Kier molecular flexibility index (Phi) is 6.82. The van der Waals surface area contributed by atoms with Crippen molar-refractivity contribution in [2.75, 3.05) is 7.11 Å². The van der Waals surface area contributed by atoms with E-state index in [9.17, 15) is 14.0 Å². The molecule has 2 N–H and O–H groups in total. The van der Waals surface area contributed by atoms with Crippen LogP contribution in [-0.4, -0.2) is 48.8 Å². The molecule has 1 amide bonds. The molecule has 6 atom stereocenters. The molecular weight excluding hydrogens is 387 g/mol. The van der Waals surface area contributed by atoms with Gasteiger partial charge in [-0.2, -0.15) is 0 Å². The highest BCUT2D eigenvalue weighted by Gasteiger charge is 2.49. The molecule has 1 aliphatic carbocycles. The maximum Gasteiger partial charge on any atom is 0.329 e. The first-order chi connectivity index (χ1) is 14.1. The molecule has 0 bridgehead atoms. The van der Waals surface area contributed by atoms with Crippen LogP contribution in [-0.2, 0) is 25.5 Å². The van der Waals surface area contributed by atoms with Crippen LogP contribution in [0.3, 0.4) is 0 Å². The Morgan fingerprint density at radius 2 is 1.97 bits per heavy atom. The van der Waals surface area contributed by atoms with Crippen molar-refractivity contribution in [3.05, 3.63) is 35.6 Å². The number of methoxy groups -OCH3 is 1. The van der Waals surface area contributed by atoms with E-state index in [2.05, 4.69) is 10.6 Å². The zero-order valence-corrected chi connectivity index (χ0v) is 18.4. The lowest BCUT2D eigenvalue weighted by Crippen LogP contribution is -2.52. The number of nitrogens with one attached hydrogen (secondary N) is 2. The molecule has 2 fully saturated rings. The number of rotatable bonds is 8. The minimum atomic E-state index is -0.987. The fourth-order valence-electron chi connectivity index (χ4n) is 4.23. The van der Waals surface area contributed by atoms with Crippen molar-refractivity contribution >= 4 is 11.9 Å². The molecule has 2 aliphatic rings. The summed E-state index contributed by atoms with van der Waals surface area (Å²) in [7, 11) is 1.60. The van der Waals surface area contributed by atoms with Crippen molar-refractivity contribution in [1.29, 1.82) is 0 Å². The predicted molar refractivity (Wildman–Crippen MR) is 111 cm³/mol. The van der Waals surface area contributed by atoms with E-state index in [0.29, 0.717) is 17.5 Å². The number of hydrogen-bond donors (Lipinski definition) is 2. The lowest BCUT2D eigenvalue weighted by atomic mass is 9.94. The molecule has 0 aromatic heterocycles. The number of carbonyl (C=O) groups excluding carboxylic acids is 2. The third kappa shape index (κ3) is 5.58. The summed E-state index contributed by atoms with van der Waals surface area (Å²) in [5, 5.41) is 6.31. The van der Waals surface area contributed by atoms with E-state index in [4.69, 9.17) is 9.47 Å². The van der Waals surface area contributed by atoms with Gasteiger partial charge in [-0.3, -0.25) is 4.79 Å². The van der Waals surface area contributed by atoms with E-state index in [1.54, 1.807) is 53.0 Å². The minimum Gasteiger partial charge on any atom is -0.458 e. The average Bonchev–Trinajstić information content (AvgIpc) is 3.27. The highest BCUT2D eigenvalue weighted by Crippen LogP contribution is 2.42. The Balaban J connectivity index is 1.70. The monoisotopic (exact) mass is 420 g/mol. The molecule has 1 heterocycles. The molecule has 1 saturated carbocycles. The second kappa shape index (κ2) is 9.02. The summed E-state index contributed by atoms with van der Waals surface area (Å²) >= 11 is 0. The van der Waals surface area contributed by atoms with Gasteiger partial charge in [0.1, 0.15) is 17.5 Å². The highest BCUT2D eigenvalue weighted by atomic mass is 19.1. The second-order valence-electron chi connectivity index (χ2n) is 9.49. The molecule has 6 nitrogen and oxygen atoms in total. The molecule has 1 aliphatic heterocycles. The summed E-state index contributed by atoms with van der Waals surface area (Å²) in [4.78, 5) is 25.8. The van der Waals surface area contributed by atoms with Crippen molar-refractivity contribution in [3.63, 3.8) is 0 Å². The van der Waals surface area contributed by atoms with Gasteiger partial charge in [0, 0.05) is 25.6 Å². The smallest absolute Gasteiger partial charge is 0.329 e. The van der Waals surface area contributed by atoms with Gasteiger partial charge in [0.05, 0.1) is 12.0 Å². The third-order valence-electron chi connectivity index (χ3n) is 5.87. The Morgan fingerprint density at radius 3 is 2.53 bits per heavy atom. The van der Waals surface area contributed by atoms with Crippen LogP contribution in [0.1, 0.15) is 46.1 Å². The molecule has 1 aromatic rings. The zero-order chi connectivity index (χ0) is 22.1. The van der Waals surface area contributed by atoms with E-state index in [1.807, 2.05) is 0 Å². The number of piperidine rings is 1. The van der Waals surface area contributed by atoms with Crippen molar-refractivity contribution in [2.24, 2.45) is 11.8 Å². The molecule has 0 spiro atoms. The molecule has 166 valence electrons. The quantitative estimate of drug-likeness (QED) is 0.633. The minimum absolute atomic E-state index is 0.0174. The van der Waals surface area contributed by atoms with Crippen molar-refractivity contribution in [2.45, 2.75) is 76.8 Å². The number of halogens is 1. The first kappa shape index (κ1) is 22.7. The molecule has 1 saturated heterocycles. The van der Waals surface area contributed by atoms with Gasteiger partial charge in [-0.15, -0.1) is 0 Å². The summed E-state index contributed by atoms with van der Waals surface area (Å²) in [6, 6.07) is 5.90. The van der Waals surface area contributed by atoms with Crippen LogP contribution >= 0.6 is 0 Å². The van der Waals surface area contributed by atoms with Gasteiger partial charge in [0.2, 0.25) is 5.91 Å². The second-order valence-corrected chi connectivity index (χ2v) is 9.49. The topological polar surface area (TPSA) is 76.7 Å². The maximum absolute atomic E-state index is 14.2. The van der Waals surface area contributed by atoms with Gasteiger partial charge in [-0.1, -0.05) is 25.1 Å². The molecule has 0 radical (unpaired) electrons. The average molecular weight is 421 g/mol. The number of benzene rings is 1. The lowest BCUT2D eigenvalue weighted by molar-refractivity contribution is -0.159. The number of fused-ring (bicyclic) bond motifs is 1. The van der Waals surface area contributed by atoms with E-state index >= 15 is 0 Å². The van der Waals surface area contributed by atoms with Crippen LogP contribution in [0.4, 0.5) is 4.39 Å². The molecule has 1 aromatic carbocycles. The fraction of sp³-hybridized carbons (Fsp3) is 0.652. The Labute approximate surface area is 177 Å². The standard InChI is InChI=1S/C23H33FN2O4/c1-13(20(29-5)18-12-15-11-17(15)25-18)21(27)26-19(22(28)30-23(2,3)4)10-14-8-6-7-9-16(14)24/h6-9,13,15,17-20,25H,10-12H2,1-5H3,(H,26,27)/t13?,15-,17-,18-,19?,20?/m0/s1. The summed E-state index contributed by atoms with van der Waals surface area (Å²) in [5.41, 5.74) is -0.368. The van der Waals surface area contributed by atoms with E-state index in [0.717, 1.165) is 6.42 Å². The molecular formula is C23H33FN2O4. The molecule has 3 unspecified atom stereocenters. The van der Waals surface area contributed by atoms with Gasteiger partial charge in [-0.05, 0) is 51.2 Å². The van der Waals surface area contributed by atoms with E-state index in [-0.39, 0.29) is 24.5 Å². The van der Waals surface area contributed by atoms with Crippen molar-refractivity contribution in [3.8, 4) is 0 Å². The van der Waals surface area contributed by atoms with Crippen LogP contribution in [0.15, 0.2) is 24.3 Å². The van der Waals surface area contributed by atoms with Crippen LogP contribution in [0, 0.1) is 17.7 Å². The van der Waals surface area contributed by atoms with Gasteiger partial charge in [0.25, 0.3) is 0 Å². The van der Waals surface area contributed by atoms with Crippen molar-refractivity contribution in [1.82, 2.24) is 10.6 Å². The van der Waals surface area contributed by atoms with Crippen molar-refractivity contribution < 1.29 is 23.5 Å². The zero-order valence-electron chi connectivity index (χ0n) is 18.4. The summed E-state index contributed by atoms with van der Waals surface area (Å²) in [6.07, 6.45) is 1.90.